The van der Waals surface area contributed by atoms with E-state index in [9.17, 15) is 8.42 Å². The largest absolute Gasteiger partial charge is 0.224 e. The molecule has 0 aliphatic heterocycles. The molecule has 100 valence electrons. The van der Waals surface area contributed by atoms with E-state index < -0.39 is 9.84 Å². The Bertz CT molecular complexity index is 461. The molecule has 0 aliphatic rings. The monoisotopic (exact) mass is 266 g/mol. The van der Waals surface area contributed by atoms with E-state index in [1.54, 1.807) is 24.3 Å². The van der Waals surface area contributed by atoms with Crippen molar-refractivity contribution < 1.29 is 8.42 Å². The Hall–Kier alpha value is -1.09. The lowest BCUT2D eigenvalue weighted by molar-refractivity contribution is 0.588. The fourth-order valence-electron chi connectivity index (χ4n) is 1.78. The van der Waals surface area contributed by atoms with Crippen LogP contribution in [0.25, 0.3) is 0 Å². The molecule has 0 spiro atoms. The van der Waals surface area contributed by atoms with Crippen molar-refractivity contribution in [3.63, 3.8) is 0 Å². The van der Waals surface area contributed by atoms with Crippen molar-refractivity contribution in [1.82, 2.24) is 0 Å². The SMILES string of the molecule is CCCC/C=C/C(C)CS(=O)(=O)c1ccccc1. The maximum absolute atomic E-state index is 12.1. The van der Waals surface area contributed by atoms with Crippen molar-refractivity contribution in [3.8, 4) is 0 Å². The normalized spacial score (nSPS) is 13.9. The molecule has 0 aliphatic carbocycles. The minimum Gasteiger partial charge on any atom is -0.224 e. The molecule has 0 fully saturated rings. The van der Waals surface area contributed by atoms with Gasteiger partial charge in [0, 0.05) is 0 Å². The third kappa shape index (κ3) is 5.05. The zero-order chi connectivity index (χ0) is 13.4. The minimum absolute atomic E-state index is 0.0621. The van der Waals surface area contributed by atoms with Crippen LogP contribution in [-0.2, 0) is 9.84 Å². The molecular weight excluding hydrogens is 244 g/mol. The quantitative estimate of drug-likeness (QED) is 0.555. The van der Waals surface area contributed by atoms with Gasteiger partial charge < -0.3 is 0 Å². The van der Waals surface area contributed by atoms with Gasteiger partial charge >= 0.3 is 0 Å². The number of hydrogen-bond donors (Lipinski definition) is 0. The van der Waals surface area contributed by atoms with Gasteiger partial charge in [-0.2, -0.15) is 0 Å². The lowest BCUT2D eigenvalue weighted by Gasteiger charge is -2.08. The highest BCUT2D eigenvalue weighted by Gasteiger charge is 2.16. The molecule has 1 unspecified atom stereocenters. The first-order valence-electron chi connectivity index (χ1n) is 6.50. The van der Waals surface area contributed by atoms with Crippen LogP contribution in [0.2, 0.25) is 0 Å². The van der Waals surface area contributed by atoms with E-state index in [2.05, 4.69) is 13.0 Å². The fraction of sp³-hybridized carbons (Fsp3) is 0.467. The summed E-state index contributed by atoms with van der Waals surface area (Å²) in [6, 6.07) is 8.65. The van der Waals surface area contributed by atoms with Gasteiger partial charge in [0.25, 0.3) is 0 Å². The van der Waals surface area contributed by atoms with Crippen LogP contribution in [0.15, 0.2) is 47.4 Å². The predicted molar refractivity (Wildman–Crippen MR) is 76.3 cm³/mol. The molecule has 0 saturated carbocycles. The van der Waals surface area contributed by atoms with E-state index >= 15 is 0 Å². The molecule has 0 heterocycles. The van der Waals surface area contributed by atoms with Crippen molar-refractivity contribution in [2.45, 2.75) is 38.0 Å². The van der Waals surface area contributed by atoms with Crippen molar-refractivity contribution in [1.29, 1.82) is 0 Å². The smallest absolute Gasteiger partial charge is 0.178 e. The van der Waals surface area contributed by atoms with Crippen molar-refractivity contribution in [2.24, 2.45) is 5.92 Å². The zero-order valence-corrected chi connectivity index (χ0v) is 12.0. The number of unbranched alkanes of at least 4 members (excludes halogenated alkanes) is 2. The van der Waals surface area contributed by atoms with Crippen LogP contribution in [0.1, 0.15) is 33.1 Å². The molecule has 0 aromatic heterocycles. The first-order chi connectivity index (χ1) is 8.56. The van der Waals surface area contributed by atoms with Crippen LogP contribution in [0.4, 0.5) is 0 Å². The third-order valence-electron chi connectivity index (χ3n) is 2.77. The fourth-order valence-corrected chi connectivity index (χ4v) is 3.34. The van der Waals surface area contributed by atoms with Gasteiger partial charge in [-0.25, -0.2) is 8.42 Å². The highest BCUT2D eigenvalue weighted by atomic mass is 32.2. The third-order valence-corrected chi connectivity index (χ3v) is 4.73. The molecule has 3 heteroatoms. The molecular formula is C15H22O2S. The van der Waals surface area contributed by atoms with Gasteiger partial charge in [-0.1, -0.05) is 57.0 Å². The number of rotatable bonds is 7. The Kier molecular flexibility index (Phi) is 6.13. The van der Waals surface area contributed by atoms with Crippen molar-refractivity contribution in [2.75, 3.05) is 5.75 Å². The summed E-state index contributed by atoms with van der Waals surface area (Å²) in [5.74, 6) is 0.242. The summed E-state index contributed by atoms with van der Waals surface area (Å²) in [7, 11) is -3.15. The summed E-state index contributed by atoms with van der Waals surface area (Å²) in [6.07, 6.45) is 7.47. The van der Waals surface area contributed by atoms with E-state index in [1.807, 2.05) is 19.1 Å². The average Bonchev–Trinajstić information content (AvgIpc) is 2.35. The number of hydrogen-bond acceptors (Lipinski definition) is 2. The number of sulfone groups is 1. The topological polar surface area (TPSA) is 34.1 Å². The highest BCUT2D eigenvalue weighted by molar-refractivity contribution is 7.91. The maximum atomic E-state index is 12.1. The zero-order valence-electron chi connectivity index (χ0n) is 11.2. The van der Waals surface area contributed by atoms with Crippen LogP contribution >= 0.6 is 0 Å². The van der Waals surface area contributed by atoms with Gasteiger partial charge in [-0.15, -0.1) is 0 Å². The van der Waals surface area contributed by atoms with Crippen LogP contribution in [0, 0.1) is 5.92 Å². The standard InChI is InChI=1S/C15H22O2S/c1-3-4-5-7-10-14(2)13-18(16,17)15-11-8-6-9-12-15/h6-12,14H,3-5,13H2,1-2H3/b10-7+. The second kappa shape index (κ2) is 7.37. The van der Waals surface area contributed by atoms with Crippen molar-refractivity contribution in [3.05, 3.63) is 42.5 Å². The molecule has 1 aromatic carbocycles. The predicted octanol–water partition coefficient (Wildman–Crippen LogP) is 3.84. The van der Waals surface area contributed by atoms with E-state index in [1.165, 1.54) is 6.42 Å². The molecule has 0 radical (unpaired) electrons. The van der Waals surface area contributed by atoms with Crippen LogP contribution in [0.5, 0.6) is 0 Å². The summed E-state index contributed by atoms with van der Waals surface area (Å²) in [6.45, 7) is 4.10. The minimum atomic E-state index is -3.15. The number of allylic oxidation sites excluding steroid dienone is 2. The van der Waals surface area contributed by atoms with Gasteiger partial charge in [0.15, 0.2) is 9.84 Å². The van der Waals surface area contributed by atoms with Gasteiger partial charge in [-0.05, 0) is 24.5 Å². The Morgan fingerprint density at radius 3 is 2.50 bits per heavy atom. The summed E-state index contributed by atoms with van der Waals surface area (Å²) in [5, 5.41) is 0. The Balaban J connectivity index is 2.59. The Morgan fingerprint density at radius 1 is 1.22 bits per heavy atom. The highest BCUT2D eigenvalue weighted by Crippen LogP contribution is 2.14. The van der Waals surface area contributed by atoms with E-state index in [0.29, 0.717) is 4.90 Å². The van der Waals surface area contributed by atoms with E-state index in [-0.39, 0.29) is 11.7 Å². The molecule has 2 nitrogen and oxygen atoms in total. The van der Waals surface area contributed by atoms with Gasteiger partial charge in [0.1, 0.15) is 0 Å². The summed E-state index contributed by atoms with van der Waals surface area (Å²) >= 11 is 0. The molecule has 1 aromatic rings. The summed E-state index contributed by atoms with van der Waals surface area (Å²) in [5.41, 5.74) is 0. The lowest BCUT2D eigenvalue weighted by atomic mass is 10.1. The molecule has 1 atom stereocenters. The second-order valence-corrected chi connectivity index (χ2v) is 6.68. The maximum Gasteiger partial charge on any atom is 0.178 e. The summed E-state index contributed by atoms with van der Waals surface area (Å²) in [4.78, 5) is 0.416. The van der Waals surface area contributed by atoms with Gasteiger partial charge in [0.05, 0.1) is 10.6 Å². The average molecular weight is 266 g/mol. The van der Waals surface area contributed by atoms with Crippen LogP contribution in [-0.4, -0.2) is 14.2 Å². The van der Waals surface area contributed by atoms with Gasteiger partial charge in [-0.3, -0.25) is 0 Å². The first kappa shape index (κ1) is 15.0. The second-order valence-electron chi connectivity index (χ2n) is 4.64. The molecule has 0 N–H and O–H groups in total. The Labute approximate surface area is 111 Å². The van der Waals surface area contributed by atoms with E-state index in [4.69, 9.17) is 0 Å². The van der Waals surface area contributed by atoms with Crippen LogP contribution in [0.3, 0.4) is 0 Å². The summed E-state index contributed by atoms with van der Waals surface area (Å²) < 4.78 is 24.2. The Morgan fingerprint density at radius 2 is 1.89 bits per heavy atom. The molecule has 18 heavy (non-hydrogen) atoms. The molecule has 0 saturated heterocycles. The van der Waals surface area contributed by atoms with Gasteiger partial charge in [0.2, 0.25) is 0 Å². The molecule has 0 bridgehead atoms. The molecule has 1 rings (SSSR count). The molecule has 0 amide bonds. The van der Waals surface area contributed by atoms with Crippen molar-refractivity contribution >= 4 is 9.84 Å². The van der Waals surface area contributed by atoms with Crippen LogP contribution < -0.4 is 0 Å². The number of benzene rings is 1. The first-order valence-corrected chi connectivity index (χ1v) is 8.16. The lowest BCUT2D eigenvalue weighted by Crippen LogP contribution is -2.12. The van der Waals surface area contributed by atoms with E-state index in [0.717, 1.165) is 12.8 Å².